The lowest BCUT2D eigenvalue weighted by Gasteiger charge is -2.60. The van der Waals surface area contributed by atoms with Gasteiger partial charge in [-0.1, -0.05) is 30.1 Å². The number of aliphatic hydroxyl groups excluding tert-OH is 3. The number of hydrogen-bond acceptors (Lipinski definition) is 11. The third-order valence-electron chi connectivity index (χ3n) is 10.7. The predicted molar refractivity (Wildman–Crippen MR) is 194 cm³/mol. The number of amides is 2. The number of rotatable bonds is 21. The molecule has 4 aliphatic rings. The van der Waals surface area contributed by atoms with Crippen molar-refractivity contribution in [3.05, 3.63) is 48.1 Å². The highest BCUT2D eigenvalue weighted by molar-refractivity contribution is 6.03. The molecule has 1 aromatic carbocycles. The van der Waals surface area contributed by atoms with Crippen LogP contribution in [0.4, 0.5) is 4.79 Å². The fourth-order valence-corrected chi connectivity index (χ4v) is 8.42. The first-order valence-electron chi connectivity index (χ1n) is 18.9. The Kier molecular flexibility index (Phi) is 14.5. The molecule has 4 N–H and O–H groups in total. The van der Waals surface area contributed by atoms with E-state index in [4.69, 9.17) is 23.8 Å². The third kappa shape index (κ3) is 8.82. The normalized spacial score (nSPS) is 26.8. The van der Waals surface area contributed by atoms with Crippen molar-refractivity contribution in [2.75, 3.05) is 59.8 Å². The van der Waals surface area contributed by atoms with Gasteiger partial charge in [0.2, 0.25) is 11.7 Å². The number of aliphatic hydroxyl groups is 3. The number of benzene rings is 1. The van der Waals surface area contributed by atoms with Gasteiger partial charge in [0.05, 0.1) is 38.1 Å². The van der Waals surface area contributed by atoms with Crippen LogP contribution in [0.1, 0.15) is 76.2 Å². The van der Waals surface area contributed by atoms with E-state index < -0.39 is 23.8 Å². The summed E-state index contributed by atoms with van der Waals surface area (Å²) in [6, 6.07) is 4.77. The summed E-state index contributed by atoms with van der Waals surface area (Å²) in [6.45, 7) is 7.04. The van der Waals surface area contributed by atoms with E-state index >= 15 is 0 Å². The van der Waals surface area contributed by atoms with E-state index in [9.17, 15) is 24.9 Å². The van der Waals surface area contributed by atoms with Crippen LogP contribution in [0.3, 0.4) is 0 Å². The molecule has 0 radical (unpaired) electrons. The van der Waals surface area contributed by atoms with Crippen LogP contribution >= 0.6 is 0 Å². The standard InChI is InChI=1S/C39H57N3O10/c1-4-20-50-39-34(42(16-21-49-22-19-45)37(46)26-12-13-26)25-32(41-48-3)30-23-27(10-6-8-17-43)29(11-7-9-18-44)35(36(30)39)31-24-28(14-15-33(31)52-39)51-38(47)40-5-2/h4,14-15,23-24,26-27,29,34-36,43-45H,1,5-13,16-22,25H2,2-3H3,(H,40,47)/t27-,29+,34-,35+,36+,39+/m0/s1. The van der Waals surface area contributed by atoms with Crippen molar-refractivity contribution >= 4 is 17.7 Å². The lowest BCUT2D eigenvalue weighted by Crippen LogP contribution is -2.70. The molecular formula is C39H57N3O10. The van der Waals surface area contributed by atoms with Gasteiger partial charge < -0.3 is 49.3 Å². The number of carbonyl (C=O) groups excluding carboxylic acids is 2. The monoisotopic (exact) mass is 727 g/mol. The molecule has 2 amide bonds. The highest BCUT2D eigenvalue weighted by Gasteiger charge is 2.65. The molecular weight excluding hydrogens is 670 g/mol. The Morgan fingerprint density at radius 3 is 2.54 bits per heavy atom. The summed E-state index contributed by atoms with van der Waals surface area (Å²) in [6.07, 6.45) is 9.83. The second-order valence-electron chi connectivity index (χ2n) is 14.0. The van der Waals surface area contributed by atoms with Gasteiger partial charge in [-0.15, -0.1) is 6.58 Å². The summed E-state index contributed by atoms with van der Waals surface area (Å²) in [5.41, 5.74) is 2.49. The zero-order valence-electron chi connectivity index (χ0n) is 30.7. The Morgan fingerprint density at radius 2 is 1.87 bits per heavy atom. The average Bonchev–Trinajstić information content (AvgIpc) is 3.99. The first-order chi connectivity index (χ1) is 25.4. The molecule has 2 fully saturated rings. The van der Waals surface area contributed by atoms with Crippen LogP contribution in [0.5, 0.6) is 11.5 Å². The molecule has 1 aromatic rings. The van der Waals surface area contributed by atoms with Gasteiger partial charge in [-0.2, -0.15) is 0 Å². The molecule has 52 heavy (non-hydrogen) atoms. The number of carbonyl (C=O) groups is 2. The Morgan fingerprint density at radius 1 is 1.10 bits per heavy atom. The molecule has 0 saturated heterocycles. The van der Waals surface area contributed by atoms with Crippen LogP contribution in [0.25, 0.3) is 0 Å². The molecule has 0 aromatic heterocycles. The minimum atomic E-state index is -1.38. The topological polar surface area (TPSA) is 169 Å². The zero-order valence-corrected chi connectivity index (χ0v) is 30.7. The molecule has 2 saturated carbocycles. The maximum absolute atomic E-state index is 14.3. The van der Waals surface area contributed by atoms with E-state index in [-0.39, 0.29) is 75.8 Å². The summed E-state index contributed by atoms with van der Waals surface area (Å²) < 4.78 is 25.5. The molecule has 13 heteroatoms. The molecule has 0 unspecified atom stereocenters. The van der Waals surface area contributed by atoms with Crippen LogP contribution < -0.4 is 14.8 Å². The molecule has 0 spiro atoms. The van der Waals surface area contributed by atoms with Gasteiger partial charge in [0, 0.05) is 50.1 Å². The van der Waals surface area contributed by atoms with Crippen LogP contribution in [0.2, 0.25) is 0 Å². The van der Waals surface area contributed by atoms with Gasteiger partial charge in [-0.25, -0.2) is 4.79 Å². The van der Waals surface area contributed by atoms with Crippen LogP contribution in [-0.4, -0.2) is 110 Å². The third-order valence-corrected chi connectivity index (χ3v) is 10.7. The van der Waals surface area contributed by atoms with E-state index in [0.29, 0.717) is 43.0 Å². The maximum atomic E-state index is 14.3. The molecule has 6 atom stereocenters. The molecule has 1 heterocycles. The van der Waals surface area contributed by atoms with Crippen LogP contribution in [0, 0.1) is 23.7 Å². The largest absolute Gasteiger partial charge is 0.459 e. The number of nitrogens with one attached hydrogen (secondary N) is 1. The number of oxime groups is 1. The Balaban J connectivity index is 1.73. The smallest absolute Gasteiger partial charge is 0.412 e. The minimum absolute atomic E-state index is 0.00260. The SMILES string of the molecule is C=CCO[C@@]12Oc3ccc(OC(=O)NCC)cc3[C@H]3[C@H](CCCCO)[C@@H](CCCCO)C=C(C(=NOC)C[C@@H]1N(CCOCCO)C(=O)C1CC1)[C@H]32. The number of fused-ring (bicyclic) bond motifs is 2. The van der Waals surface area contributed by atoms with Crippen LogP contribution in [-0.2, 0) is 19.1 Å². The van der Waals surface area contributed by atoms with E-state index in [2.05, 4.69) is 23.1 Å². The fraction of sp³-hybridized carbons (Fsp3) is 0.667. The van der Waals surface area contributed by atoms with Crippen molar-refractivity contribution in [2.45, 2.75) is 82.5 Å². The number of unbranched alkanes of at least 4 members (excludes halogenated alkanes) is 2. The van der Waals surface area contributed by atoms with Gasteiger partial charge in [0.1, 0.15) is 24.7 Å². The Bertz CT molecular complexity index is 1430. The number of hydrogen-bond donors (Lipinski definition) is 4. The fourth-order valence-electron chi connectivity index (χ4n) is 8.42. The highest BCUT2D eigenvalue weighted by atomic mass is 16.7. The van der Waals surface area contributed by atoms with E-state index in [1.807, 2.05) is 24.0 Å². The lowest BCUT2D eigenvalue weighted by atomic mass is 9.55. The number of allylic oxidation sites excluding steroid dienone is 1. The summed E-state index contributed by atoms with van der Waals surface area (Å²) in [4.78, 5) is 34.2. The first kappa shape index (κ1) is 39.7. The summed E-state index contributed by atoms with van der Waals surface area (Å²) in [5.74, 6) is -1.13. The van der Waals surface area contributed by atoms with Crippen molar-refractivity contribution in [3.63, 3.8) is 0 Å². The summed E-state index contributed by atoms with van der Waals surface area (Å²) >= 11 is 0. The molecule has 13 nitrogen and oxygen atoms in total. The molecule has 1 aliphatic heterocycles. The van der Waals surface area contributed by atoms with E-state index in [1.54, 1.807) is 12.1 Å². The second kappa shape index (κ2) is 19.0. The minimum Gasteiger partial charge on any atom is -0.459 e. The van der Waals surface area contributed by atoms with Gasteiger partial charge in [0.25, 0.3) is 0 Å². The predicted octanol–water partition coefficient (Wildman–Crippen LogP) is 4.31. The maximum Gasteiger partial charge on any atom is 0.412 e. The second-order valence-corrected chi connectivity index (χ2v) is 14.0. The van der Waals surface area contributed by atoms with Crippen LogP contribution in [0.15, 0.2) is 47.7 Å². The van der Waals surface area contributed by atoms with Gasteiger partial charge in [-0.05, 0) is 81.1 Å². The zero-order chi connectivity index (χ0) is 37.1. The lowest BCUT2D eigenvalue weighted by molar-refractivity contribution is -0.258. The quantitative estimate of drug-likeness (QED) is 0.0814. The van der Waals surface area contributed by atoms with Gasteiger partial charge >= 0.3 is 6.09 Å². The molecule has 3 aliphatic carbocycles. The summed E-state index contributed by atoms with van der Waals surface area (Å²) in [5, 5.41) is 36.2. The van der Waals surface area contributed by atoms with Gasteiger partial charge in [0.15, 0.2) is 0 Å². The van der Waals surface area contributed by atoms with Gasteiger partial charge in [-0.3, -0.25) is 4.79 Å². The molecule has 0 bridgehead atoms. The molecule has 288 valence electrons. The average molecular weight is 728 g/mol. The Labute approximate surface area is 307 Å². The van der Waals surface area contributed by atoms with Crippen molar-refractivity contribution in [1.29, 1.82) is 0 Å². The molecule has 5 rings (SSSR count). The van der Waals surface area contributed by atoms with Crippen molar-refractivity contribution in [3.8, 4) is 11.5 Å². The first-order valence-corrected chi connectivity index (χ1v) is 18.9. The summed E-state index contributed by atoms with van der Waals surface area (Å²) in [7, 11) is 1.52. The van der Waals surface area contributed by atoms with Crippen molar-refractivity contribution < 1.29 is 48.7 Å². The highest BCUT2D eigenvalue weighted by Crippen LogP contribution is 2.62. The number of nitrogens with zero attached hydrogens (tertiary/aromatic N) is 2. The van der Waals surface area contributed by atoms with Crippen molar-refractivity contribution in [2.24, 2.45) is 28.8 Å². The Hall–Kier alpha value is -3.49. The van der Waals surface area contributed by atoms with E-state index in [1.165, 1.54) is 7.11 Å². The number of ether oxygens (including phenoxy) is 4. The van der Waals surface area contributed by atoms with Crippen molar-refractivity contribution in [1.82, 2.24) is 10.2 Å². The van der Waals surface area contributed by atoms with E-state index in [0.717, 1.165) is 49.7 Å².